The molecule has 166 valence electrons. The highest BCUT2D eigenvalue weighted by molar-refractivity contribution is 7.17. The van der Waals surface area contributed by atoms with Gasteiger partial charge in [0, 0.05) is 36.8 Å². The summed E-state index contributed by atoms with van der Waals surface area (Å²) in [6.07, 6.45) is 4.09. The summed E-state index contributed by atoms with van der Waals surface area (Å²) >= 11 is 7.68. The fraction of sp³-hybridized carbons (Fsp3) is 0.320. The molecule has 0 aliphatic carbocycles. The fourth-order valence-corrected chi connectivity index (χ4v) is 5.30. The van der Waals surface area contributed by atoms with Crippen molar-refractivity contribution >= 4 is 34.8 Å². The smallest absolute Gasteiger partial charge is 0.265 e. The lowest BCUT2D eigenvalue weighted by molar-refractivity contribution is 0.0522. The van der Waals surface area contributed by atoms with Crippen LogP contribution in [0.3, 0.4) is 0 Å². The third kappa shape index (κ3) is 4.87. The molecule has 32 heavy (non-hydrogen) atoms. The van der Waals surface area contributed by atoms with Gasteiger partial charge in [-0.2, -0.15) is 0 Å². The van der Waals surface area contributed by atoms with E-state index in [4.69, 9.17) is 11.6 Å². The number of hydrogen-bond acceptors (Lipinski definition) is 4. The zero-order valence-corrected chi connectivity index (χ0v) is 19.6. The minimum Gasteiger partial charge on any atom is -0.338 e. The maximum absolute atomic E-state index is 13.4. The van der Waals surface area contributed by atoms with Crippen LogP contribution in [-0.4, -0.2) is 52.3 Å². The van der Waals surface area contributed by atoms with Gasteiger partial charge >= 0.3 is 0 Å². The van der Waals surface area contributed by atoms with Gasteiger partial charge in [0.2, 0.25) is 0 Å². The molecule has 5 nitrogen and oxygen atoms in total. The highest BCUT2D eigenvalue weighted by Crippen LogP contribution is 2.32. The summed E-state index contributed by atoms with van der Waals surface area (Å²) in [6.45, 7) is 4.07. The largest absolute Gasteiger partial charge is 0.338 e. The molecule has 0 saturated carbocycles. The molecule has 1 aliphatic heterocycles. The number of nitrogens with zero attached hydrogens (tertiary/aromatic N) is 3. The van der Waals surface area contributed by atoms with E-state index in [2.05, 4.69) is 11.9 Å². The third-order valence-electron chi connectivity index (χ3n) is 5.76. The van der Waals surface area contributed by atoms with Crippen LogP contribution >= 0.6 is 22.9 Å². The standard InChI is InChI=1S/C25H26ClN3O2S/c1-2-14-29(19-12-15-28(16-13-19)24(30)18-8-4-3-5-9-18)25(31)22-17-27-23(32-22)20-10-6-7-11-21(20)26/h3-11,17,19H,2,12-16H2,1H3. The molecule has 0 unspecified atom stereocenters. The SMILES string of the molecule is CCCN(C(=O)c1cnc(-c2ccccc2Cl)s1)C1CCN(C(=O)c2ccccc2)CC1. The minimum absolute atomic E-state index is 0.00971. The first-order valence-electron chi connectivity index (χ1n) is 10.9. The molecule has 1 fully saturated rings. The summed E-state index contributed by atoms with van der Waals surface area (Å²) < 4.78 is 0. The van der Waals surface area contributed by atoms with E-state index in [1.54, 1.807) is 6.20 Å². The quantitative estimate of drug-likeness (QED) is 0.472. The lowest BCUT2D eigenvalue weighted by Gasteiger charge is -2.38. The zero-order chi connectivity index (χ0) is 22.5. The van der Waals surface area contributed by atoms with Gasteiger partial charge in [0.15, 0.2) is 0 Å². The Morgan fingerprint density at radius 1 is 1.09 bits per heavy atom. The van der Waals surface area contributed by atoms with Crippen LogP contribution < -0.4 is 0 Å². The average molecular weight is 468 g/mol. The highest BCUT2D eigenvalue weighted by atomic mass is 35.5. The predicted molar refractivity (Wildman–Crippen MR) is 129 cm³/mol. The fourth-order valence-electron chi connectivity index (χ4n) is 4.11. The molecule has 3 aromatic rings. The number of likely N-dealkylation sites (tertiary alicyclic amines) is 1. The van der Waals surface area contributed by atoms with Crippen LogP contribution in [0.2, 0.25) is 5.02 Å². The van der Waals surface area contributed by atoms with Crippen LogP contribution in [0.15, 0.2) is 60.8 Å². The summed E-state index contributed by atoms with van der Waals surface area (Å²) in [4.78, 5) is 35.1. The maximum atomic E-state index is 13.4. The van der Waals surface area contributed by atoms with E-state index in [1.807, 2.05) is 64.4 Å². The number of rotatable bonds is 6. The van der Waals surface area contributed by atoms with Crippen molar-refractivity contribution in [3.8, 4) is 10.6 Å². The Bertz CT molecular complexity index is 1080. The van der Waals surface area contributed by atoms with Crippen LogP contribution in [0, 0.1) is 0 Å². The molecule has 7 heteroatoms. The second-order valence-electron chi connectivity index (χ2n) is 7.90. The van der Waals surface area contributed by atoms with Crippen LogP contribution in [-0.2, 0) is 0 Å². The van der Waals surface area contributed by atoms with Crippen molar-refractivity contribution in [1.82, 2.24) is 14.8 Å². The highest BCUT2D eigenvalue weighted by Gasteiger charge is 2.31. The van der Waals surface area contributed by atoms with Gasteiger partial charge in [-0.15, -0.1) is 11.3 Å². The zero-order valence-electron chi connectivity index (χ0n) is 18.0. The Labute approximate surface area is 197 Å². The van der Waals surface area contributed by atoms with Gasteiger partial charge in [0.25, 0.3) is 11.8 Å². The Morgan fingerprint density at radius 3 is 2.47 bits per heavy atom. The van der Waals surface area contributed by atoms with Crippen LogP contribution in [0.25, 0.3) is 10.6 Å². The number of thiazole rings is 1. The lowest BCUT2D eigenvalue weighted by atomic mass is 10.0. The maximum Gasteiger partial charge on any atom is 0.265 e. The van der Waals surface area contributed by atoms with Crippen molar-refractivity contribution in [2.45, 2.75) is 32.2 Å². The Hall–Kier alpha value is -2.70. The average Bonchev–Trinajstić information content (AvgIpc) is 3.33. The molecular weight excluding hydrogens is 442 g/mol. The molecule has 2 aromatic carbocycles. The third-order valence-corrected chi connectivity index (χ3v) is 7.11. The molecular formula is C25H26ClN3O2S. The van der Waals surface area contributed by atoms with Gasteiger partial charge in [-0.25, -0.2) is 4.98 Å². The summed E-state index contributed by atoms with van der Waals surface area (Å²) in [7, 11) is 0. The molecule has 0 N–H and O–H groups in total. The van der Waals surface area contributed by atoms with Crippen molar-refractivity contribution in [2.75, 3.05) is 19.6 Å². The van der Waals surface area contributed by atoms with E-state index in [0.29, 0.717) is 35.1 Å². The minimum atomic E-state index is 0.00971. The van der Waals surface area contributed by atoms with Crippen molar-refractivity contribution in [1.29, 1.82) is 0 Å². The molecule has 0 spiro atoms. The number of piperidine rings is 1. The van der Waals surface area contributed by atoms with E-state index in [1.165, 1.54) is 11.3 Å². The summed E-state index contributed by atoms with van der Waals surface area (Å²) in [5.41, 5.74) is 1.55. The van der Waals surface area contributed by atoms with Crippen molar-refractivity contribution in [3.05, 3.63) is 76.3 Å². The second kappa shape index (κ2) is 10.3. The Balaban J connectivity index is 1.45. The topological polar surface area (TPSA) is 53.5 Å². The Morgan fingerprint density at radius 2 is 1.78 bits per heavy atom. The number of aromatic nitrogens is 1. The van der Waals surface area contributed by atoms with Crippen LogP contribution in [0.4, 0.5) is 0 Å². The molecule has 0 radical (unpaired) electrons. The number of amides is 2. The van der Waals surface area contributed by atoms with Crippen molar-refractivity contribution in [2.24, 2.45) is 0 Å². The summed E-state index contributed by atoms with van der Waals surface area (Å²) in [6, 6.07) is 17.0. The number of benzene rings is 2. The first-order valence-corrected chi connectivity index (χ1v) is 12.1. The Kier molecular flexibility index (Phi) is 7.22. The lowest BCUT2D eigenvalue weighted by Crippen LogP contribution is -2.49. The molecule has 2 heterocycles. The number of carbonyl (C=O) groups is 2. The number of carbonyl (C=O) groups excluding carboxylic acids is 2. The summed E-state index contributed by atoms with van der Waals surface area (Å²) in [5, 5.41) is 1.38. The molecule has 4 rings (SSSR count). The molecule has 1 aliphatic rings. The number of halogens is 1. The molecule has 0 atom stereocenters. The number of hydrogen-bond donors (Lipinski definition) is 0. The van der Waals surface area contributed by atoms with Crippen LogP contribution in [0.5, 0.6) is 0 Å². The first-order chi connectivity index (χ1) is 15.6. The van der Waals surface area contributed by atoms with E-state index < -0.39 is 0 Å². The first kappa shape index (κ1) is 22.5. The van der Waals surface area contributed by atoms with E-state index in [0.717, 1.165) is 29.8 Å². The van der Waals surface area contributed by atoms with Gasteiger partial charge in [0.05, 0.1) is 11.2 Å². The van der Waals surface area contributed by atoms with Gasteiger partial charge < -0.3 is 9.80 Å². The van der Waals surface area contributed by atoms with E-state index in [9.17, 15) is 9.59 Å². The van der Waals surface area contributed by atoms with Crippen LogP contribution in [0.1, 0.15) is 46.2 Å². The van der Waals surface area contributed by atoms with Gasteiger partial charge in [-0.1, -0.05) is 54.9 Å². The van der Waals surface area contributed by atoms with Gasteiger partial charge in [-0.3, -0.25) is 9.59 Å². The molecule has 1 aromatic heterocycles. The monoisotopic (exact) mass is 467 g/mol. The van der Waals surface area contributed by atoms with E-state index in [-0.39, 0.29) is 17.9 Å². The van der Waals surface area contributed by atoms with Gasteiger partial charge in [0.1, 0.15) is 9.88 Å². The second-order valence-corrected chi connectivity index (χ2v) is 9.34. The summed E-state index contributed by atoms with van der Waals surface area (Å²) in [5.74, 6) is 0.0692. The van der Waals surface area contributed by atoms with Crippen molar-refractivity contribution < 1.29 is 9.59 Å². The van der Waals surface area contributed by atoms with Gasteiger partial charge in [-0.05, 0) is 37.5 Å². The molecule has 1 saturated heterocycles. The predicted octanol–water partition coefficient (Wildman–Crippen LogP) is 5.62. The van der Waals surface area contributed by atoms with E-state index >= 15 is 0 Å². The van der Waals surface area contributed by atoms with Crippen molar-refractivity contribution in [3.63, 3.8) is 0 Å². The molecule has 0 bridgehead atoms. The molecule has 2 amide bonds. The normalized spacial score (nSPS) is 14.4.